The van der Waals surface area contributed by atoms with E-state index >= 15 is 0 Å². The number of ether oxygens (including phenoxy) is 1. The maximum Gasteiger partial charge on any atom is 0.289 e. The van der Waals surface area contributed by atoms with E-state index in [2.05, 4.69) is 5.32 Å². The van der Waals surface area contributed by atoms with E-state index in [0.717, 1.165) is 5.56 Å². The molecule has 26 heavy (non-hydrogen) atoms. The second kappa shape index (κ2) is 8.58. The molecule has 0 saturated carbocycles. The fourth-order valence-corrected chi connectivity index (χ4v) is 3.24. The molecule has 0 bridgehead atoms. The van der Waals surface area contributed by atoms with E-state index in [9.17, 15) is 13.9 Å². The van der Waals surface area contributed by atoms with Crippen molar-refractivity contribution in [2.45, 2.75) is 18.6 Å². The third-order valence-corrected chi connectivity index (χ3v) is 4.57. The Bertz CT molecular complexity index is 674. The number of hydrogen-bond donors (Lipinski definition) is 2. The molecule has 2 aromatic carbocycles. The number of halogens is 2. The van der Waals surface area contributed by atoms with Gasteiger partial charge in [-0.2, -0.15) is 0 Å². The smallest absolute Gasteiger partial charge is 0.289 e. The Morgan fingerprint density at radius 1 is 1.04 bits per heavy atom. The summed E-state index contributed by atoms with van der Waals surface area (Å²) in [6, 6.07) is 15.4. The number of piperazine rings is 1. The van der Waals surface area contributed by atoms with Crippen LogP contribution in [0.3, 0.4) is 0 Å². The summed E-state index contributed by atoms with van der Waals surface area (Å²) in [4.78, 5) is 1.73. The summed E-state index contributed by atoms with van der Waals surface area (Å²) in [5.41, 5.74) is 1.53. The lowest BCUT2D eigenvalue weighted by Crippen LogP contribution is -2.51. The van der Waals surface area contributed by atoms with Gasteiger partial charge in [0.25, 0.3) is 5.92 Å². The zero-order valence-corrected chi connectivity index (χ0v) is 14.6. The molecule has 0 amide bonds. The van der Waals surface area contributed by atoms with Gasteiger partial charge in [0.1, 0.15) is 25.0 Å². The van der Waals surface area contributed by atoms with Crippen molar-refractivity contribution in [3.05, 3.63) is 65.7 Å². The molecule has 1 heterocycles. The highest BCUT2D eigenvalue weighted by molar-refractivity contribution is 5.31. The lowest BCUT2D eigenvalue weighted by atomic mass is 9.98. The van der Waals surface area contributed by atoms with E-state index in [1.165, 1.54) is 0 Å². The largest absolute Gasteiger partial charge is 0.489 e. The number of rotatable bonds is 7. The summed E-state index contributed by atoms with van der Waals surface area (Å²) >= 11 is 0. The minimum Gasteiger partial charge on any atom is -0.489 e. The van der Waals surface area contributed by atoms with Crippen LogP contribution in [0.25, 0.3) is 0 Å². The summed E-state index contributed by atoms with van der Waals surface area (Å²) in [6.45, 7) is 1.62. The quantitative estimate of drug-likeness (QED) is 0.795. The lowest BCUT2D eigenvalue weighted by molar-refractivity contribution is -0.118. The topological polar surface area (TPSA) is 44.7 Å². The van der Waals surface area contributed by atoms with E-state index in [0.29, 0.717) is 44.1 Å². The SMILES string of the molecule is OCC(F)(F)[C@H](c1ccc(OCc2ccccc2)cc1)N1CCNCC1. The average molecular weight is 362 g/mol. The molecule has 0 aliphatic carbocycles. The van der Waals surface area contributed by atoms with Crippen molar-refractivity contribution in [2.24, 2.45) is 0 Å². The van der Waals surface area contributed by atoms with Gasteiger partial charge in [0, 0.05) is 26.2 Å². The molecule has 2 N–H and O–H groups in total. The van der Waals surface area contributed by atoms with E-state index < -0.39 is 18.6 Å². The van der Waals surface area contributed by atoms with Crippen LogP contribution >= 0.6 is 0 Å². The molecule has 1 saturated heterocycles. The predicted octanol–water partition coefficient (Wildman–Crippen LogP) is 2.84. The summed E-state index contributed by atoms with van der Waals surface area (Å²) in [7, 11) is 0. The van der Waals surface area contributed by atoms with Crippen molar-refractivity contribution in [1.29, 1.82) is 0 Å². The van der Waals surface area contributed by atoms with Gasteiger partial charge in [-0.05, 0) is 23.3 Å². The van der Waals surface area contributed by atoms with Crippen molar-refractivity contribution in [2.75, 3.05) is 32.8 Å². The highest BCUT2D eigenvalue weighted by atomic mass is 19.3. The van der Waals surface area contributed by atoms with Gasteiger partial charge in [0.2, 0.25) is 0 Å². The van der Waals surface area contributed by atoms with Crippen molar-refractivity contribution in [1.82, 2.24) is 10.2 Å². The highest BCUT2D eigenvalue weighted by Gasteiger charge is 2.43. The Kier molecular flexibility index (Phi) is 6.19. The summed E-state index contributed by atoms with van der Waals surface area (Å²) < 4.78 is 34.6. The molecule has 6 heteroatoms. The number of aliphatic hydroxyl groups is 1. The van der Waals surface area contributed by atoms with E-state index in [-0.39, 0.29) is 0 Å². The van der Waals surface area contributed by atoms with Crippen molar-refractivity contribution < 1.29 is 18.6 Å². The maximum atomic E-state index is 14.4. The maximum absolute atomic E-state index is 14.4. The van der Waals surface area contributed by atoms with Crippen LogP contribution in [0.5, 0.6) is 5.75 Å². The molecule has 1 fully saturated rings. The Balaban J connectivity index is 1.73. The number of nitrogens with zero attached hydrogens (tertiary/aromatic N) is 1. The zero-order valence-electron chi connectivity index (χ0n) is 14.6. The summed E-state index contributed by atoms with van der Waals surface area (Å²) in [5, 5.41) is 12.4. The molecule has 0 spiro atoms. The van der Waals surface area contributed by atoms with Gasteiger partial charge in [0.05, 0.1) is 0 Å². The molecule has 2 aromatic rings. The van der Waals surface area contributed by atoms with Crippen molar-refractivity contribution >= 4 is 0 Å². The van der Waals surface area contributed by atoms with Gasteiger partial charge in [-0.25, -0.2) is 8.78 Å². The van der Waals surface area contributed by atoms with Gasteiger partial charge >= 0.3 is 0 Å². The molecule has 1 aliphatic rings. The molecular formula is C20H24F2N2O2. The first-order valence-corrected chi connectivity index (χ1v) is 8.80. The summed E-state index contributed by atoms with van der Waals surface area (Å²) in [6.07, 6.45) is 0. The average Bonchev–Trinajstić information content (AvgIpc) is 2.69. The van der Waals surface area contributed by atoms with Crippen LogP contribution in [0.4, 0.5) is 8.78 Å². The molecule has 1 aliphatic heterocycles. The van der Waals surface area contributed by atoms with Crippen LogP contribution in [-0.4, -0.2) is 48.7 Å². The summed E-state index contributed by atoms with van der Waals surface area (Å²) in [5.74, 6) is -2.58. The molecule has 4 nitrogen and oxygen atoms in total. The first kappa shape index (κ1) is 18.8. The Hall–Kier alpha value is -2.02. The van der Waals surface area contributed by atoms with Gasteiger partial charge in [0.15, 0.2) is 0 Å². The first-order chi connectivity index (χ1) is 12.6. The number of alkyl halides is 2. The molecule has 140 valence electrons. The van der Waals surface area contributed by atoms with Crippen LogP contribution in [0, 0.1) is 0 Å². The van der Waals surface area contributed by atoms with Gasteiger partial charge in [-0.15, -0.1) is 0 Å². The molecule has 0 aromatic heterocycles. The molecule has 0 radical (unpaired) electrons. The fourth-order valence-electron chi connectivity index (χ4n) is 3.24. The number of aliphatic hydroxyl groups excluding tert-OH is 1. The fraction of sp³-hybridized carbons (Fsp3) is 0.400. The Morgan fingerprint density at radius 2 is 1.69 bits per heavy atom. The minimum atomic E-state index is -3.20. The zero-order chi connectivity index (χ0) is 18.4. The van der Waals surface area contributed by atoms with Crippen LogP contribution in [-0.2, 0) is 6.61 Å². The third-order valence-electron chi connectivity index (χ3n) is 4.57. The lowest BCUT2D eigenvalue weighted by Gasteiger charge is -2.38. The van der Waals surface area contributed by atoms with Crippen molar-refractivity contribution in [3.63, 3.8) is 0 Å². The van der Waals surface area contributed by atoms with E-state index in [1.54, 1.807) is 29.2 Å². The molecule has 0 unspecified atom stereocenters. The highest BCUT2D eigenvalue weighted by Crippen LogP contribution is 2.37. The molecule has 3 rings (SSSR count). The number of hydrogen-bond acceptors (Lipinski definition) is 4. The van der Waals surface area contributed by atoms with Crippen LogP contribution in [0.1, 0.15) is 17.2 Å². The second-order valence-corrected chi connectivity index (χ2v) is 6.45. The van der Waals surface area contributed by atoms with E-state index in [4.69, 9.17) is 4.74 Å². The number of nitrogens with one attached hydrogen (secondary N) is 1. The second-order valence-electron chi connectivity index (χ2n) is 6.45. The van der Waals surface area contributed by atoms with Gasteiger partial charge < -0.3 is 15.2 Å². The molecule has 1 atom stereocenters. The Labute approximate surface area is 152 Å². The standard InChI is InChI=1S/C20H24F2N2O2/c21-20(22,15-25)19(24-12-10-23-11-13-24)17-6-8-18(9-7-17)26-14-16-4-2-1-3-5-16/h1-9,19,23,25H,10-15H2/t19-/m0/s1. The number of benzene rings is 2. The monoisotopic (exact) mass is 362 g/mol. The first-order valence-electron chi connectivity index (χ1n) is 8.80. The Morgan fingerprint density at radius 3 is 2.31 bits per heavy atom. The van der Waals surface area contributed by atoms with E-state index in [1.807, 2.05) is 30.3 Å². The van der Waals surface area contributed by atoms with Gasteiger partial charge in [-0.3, -0.25) is 4.90 Å². The normalized spacial score (nSPS) is 17.0. The predicted molar refractivity (Wildman–Crippen MR) is 96.4 cm³/mol. The minimum absolute atomic E-state index is 0.425. The van der Waals surface area contributed by atoms with Crippen molar-refractivity contribution in [3.8, 4) is 5.75 Å². The molecular weight excluding hydrogens is 338 g/mol. The van der Waals surface area contributed by atoms with Gasteiger partial charge in [-0.1, -0.05) is 42.5 Å². The van der Waals surface area contributed by atoms with Crippen LogP contribution < -0.4 is 10.1 Å². The third kappa shape index (κ3) is 4.58. The van der Waals surface area contributed by atoms with Crippen LogP contribution in [0.15, 0.2) is 54.6 Å². The van der Waals surface area contributed by atoms with Crippen LogP contribution in [0.2, 0.25) is 0 Å².